The van der Waals surface area contributed by atoms with Gasteiger partial charge in [-0.1, -0.05) is 25.0 Å². The molecule has 3 nitrogen and oxygen atoms in total. The van der Waals surface area contributed by atoms with Crippen molar-refractivity contribution in [1.82, 2.24) is 0 Å². The van der Waals surface area contributed by atoms with E-state index < -0.39 is 5.97 Å². The minimum absolute atomic E-state index is 0.198. The SMILES string of the molecule is C#COC(=O)c1ccccc1OC#C. The molecule has 0 aliphatic carbocycles. The van der Waals surface area contributed by atoms with Crippen LogP contribution in [0, 0.1) is 25.1 Å². The van der Waals surface area contributed by atoms with Crippen LogP contribution in [-0.4, -0.2) is 5.97 Å². The molecule has 0 aliphatic heterocycles. The highest BCUT2D eigenvalue weighted by Gasteiger charge is 2.12. The van der Waals surface area contributed by atoms with Gasteiger partial charge >= 0.3 is 5.97 Å². The third-order valence-electron chi connectivity index (χ3n) is 1.43. The van der Waals surface area contributed by atoms with Crippen LogP contribution in [0.5, 0.6) is 5.75 Å². The fraction of sp³-hybridized carbons (Fsp3) is 0. The Bertz CT molecular complexity index is 421. The zero-order chi connectivity index (χ0) is 10.4. The molecule has 0 spiro atoms. The van der Waals surface area contributed by atoms with E-state index in [0.29, 0.717) is 0 Å². The smallest absolute Gasteiger partial charge is 0.355 e. The fourth-order valence-electron chi connectivity index (χ4n) is 0.896. The molecule has 1 aromatic carbocycles. The first kappa shape index (κ1) is 9.70. The highest BCUT2D eigenvalue weighted by Crippen LogP contribution is 2.18. The first-order chi connectivity index (χ1) is 6.79. The maximum absolute atomic E-state index is 11.2. The minimum atomic E-state index is -0.668. The lowest BCUT2D eigenvalue weighted by molar-refractivity contribution is 0.0688. The number of para-hydroxylation sites is 1. The molecule has 0 saturated heterocycles. The molecular weight excluding hydrogens is 180 g/mol. The fourth-order valence-corrected chi connectivity index (χ4v) is 0.896. The molecule has 0 fully saturated rings. The molecular formula is C11H6O3. The Labute approximate surface area is 81.6 Å². The highest BCUT2D eigenvalue weighted by molar-refractivity contribution is 5.93. The Morgan fingerprint density at radius 2 is 1.93 bits per heavy atom. The van der Waals surface area contributed by atoms with E-state index in [2.05, 4.69) is 4.74 Å². The molecule has 3 heteroatoms. The molecule has 0 bridgehead atoms. The summed E-state index contributed by atoms with van der Waals surface area (Å²) in [7, 11) is 0. The van der Waals surface area contributed by atoms with Crippen molar-refractivity contribution in [2.24, 2.45) is 0 Å². The molecule has 0 atom stereocenters. The van der Waals surface area contributed by atoms with E-state index in [1.165, 1.54) is 6.07 Å². The van der Waals surface area contributed by atoms with E-state index in [1.54, 1.807) is 24.3 Å². The molecule has 0 aliphatic rings. The molecule has 1 aromatic rings. The van der Waals surface area contributed by atoms with Crippen molar-refractivity contribution in [3.8, 4) is 30.8 Å². The Kier molecular flexibility index (Phi) is 3.18. The summed E-state index contributed by atoms with van der Waals surface area (Å²) in [4.78, 5) is 11.2. The predicted octanol–water partition coefficient (Wildman–Crippen LogP) is 1.40. The first-order valence-corrected chi connectivity index (χ1v) is 3.68. The van der Waals surface area contributed by atoms with Gasteiger partial charge in [-0.2, -0.15) is 0 Å². The molecule has 14 heavy (non-hydrogen) atoms. The van der Waals surface area contributed by atoms with Crippen LogP contribution in [0.2, 0.25) is 0 Å². The Balaban J connectivity index is 3.03. The Morgan fingerprint density at radius 3 is 2.57 bits per heavy atom. The second kappa shape index (κ2) is 4.59. The monoisotopic (exact) mass is 186 g/mol. The van der Waals surface area contributed by atoms with Crippen molar-refractivity contribution in [2.75, 3.05) is 0 Å². The van der Waals surface area contributed by atoms with Gasteiger partial charge in [0.2, 0.25) is 0 Å². The maximum Gasteiger partial charge on any atom is 0.355 e. The van der Waals surface area contributed by atoms with Gasteiger partial charge in [0.15, 0.2) is 5.75 Å². The van der Waals surface area contributed by atoms with E-state index in [4.69, 9.17) is 17.6 Å². The zero-order valence-electron chi connectivity index (χ0n) is 7.19. The summed E-state index contributed by atoms with van der Waals surface area (Å²) >= 11 is 0. The molecule has 68 valence electrons. The lowest BCUT2D eigenvalue weighted by Crippen LogP contribution is -2.02. The van der Waals surface area contributed by atoms with Gasteiger partial charge in [0.25, 0.3) is 0 Å². The van der Waals surface area contributed by atoms with Crippen LogP contribution < -0.4 is 4.74 Å². The van der Waals surface area contributed by atoms with Crippen LogP contribution in [0.3, 0.4) is 0 Å². The molecule has 0 amide bonds. The second-order valence-corrected chi connectivity index (χ2v) is 2.22. The van der Waals surface area contributed by atoms with Gasteiger partial charge in [0.1, 0.15) is 17.8 Å². The van der Waals surface area contributed by atoms with E-state index in [1.807, 2.05) is 6.11 Å². The molecule has 0 N–H and O–H groups in total. The summed E-state index contributed by atoms with van der Waals surface area (Å²) in [6, 6.07) is 6.38. The van der Waals surface area contributed by atoms with Crippen LogP contribution >= 0.6 is 0 Å². The third kappa shape index (κ3) is 2.06. The van der Waals surface area contributed by atoms with Crippen molar-refractivity contribution in [2.45, 2.75) is 0 Å². The third-order valence-corrected chi connectivity index (χ3v) is 1.43. The van der Waals surface area contributed by atoms with E-state index in [-0.39, 0.29) is 11.3 Å². The topological polar surface area (TPSA) is 35.5 Å². The van der Waals surface area contributed by atoms with Gasteiger partial charge in [-0.3, -0.25) is 0 Å². The van der Waals surface area contributed by atoms with Gasteiger partial charge in [-0.05, 0) is 12.1 Å². The molecule has 0 radical (unpaired) electrons. The number of terminal acetylenes is 2. The summed E-state index contributed by atoms with van der Waals surface area (Å²) in [6.45, 7) is 0. The molecule has 0 aromatic heterocycles. The quantitative estimate of drug-likeness (QED) is 0.517. The number of ether oxygens (including phenoxy) is 2. The van der Waals surface area contributed by atoms with Gasteiger partial charge in [-0.15, -0.1) is 0 Å². The average Bonchev–Trinajstić information content (AvgIpc) is 2.19. The van der Waals surface area contributed by atoms with Crippen molar-refractivity contribution < 1.29 is 14.3 Å². The summed E-state index contributed by atoms with van der Waals surface area (Å²) in [5, 5.41) is 0. The largest absolute Gasteiger partial charge is 0.407 e. The lowest BCUT2D eigenvalue weighted by Gasteiger charge is -2.02. The van der Waals surface area contributed by atoms with Crippen molar-refractivity contribution >= 4 is 5.97 Å². The van der Waals surface area contributed by atoms with Crippen molar-refractivity contribution in [1.29, 1.82) is 0 Å². The number of benzene rings is 1. The summed E-state index contributed by atoms with van der Waals surface area (Å²) in [5.74, 6) is -0.423. The lowest BCUT2D eigenvalue weighted by atomic mass is 10.2. The van der Waals surface area contributed by atoms with E-state index in [0.717, 1.165) is 0 Å². The van der Waals surface area contributed by atoms with E-state index in [9.17, 15) is 4.79 Å². The standard InChI is InChI=1S/C11H6O3/c1-3-13-10-8-6-5-7-9(10)11(12)14-4-2/h1-2,5-8H. The van der Waals surface area contributed by atoms with Gasteiger partial charge in [0.05, 0.1) is 0 Å². The maximum atomic E-state index is 11.2. The van der Waals surface area contributed by atoms with Gasteiger partial charge in [0, 0.05) is 0 Å². The number of hydrogen-bond donors (Lipinski definition) is 0. The molecule has 0 saturated carbocycles. The van der Waals surface area contributed by atoms with Crippen molar-refractivity contribution in [3.63, 3.8) is 0 Å². The zero-order valence-corrected chi connectivity index (χ0v) is 7.19. The number of hydrogen-bond acceptors (Lipinski definition) is 3. The van der Waals surface area contributed by atoms with Crippen LogP contribution in [0.1, 0.15) is 10.4 Å². The van der Waals surface area contributed by atoms with Gasteiger partial charge < -0.3 is 9.47 Å². The number of esters is 1. The number of carbonyl (C=O) groups is 1. The summed E-state index contributed by atoms with van der Waals surface area (Å²) in [5.41, 5.74) is 0.198. The Hall–Kier alpha value is -2.39. The molecule has 1 rings (SSSR count). The van der Waals surface area contributed by atoms with Crippen molar-refractivity contribution in [3.05, 3.63) is 29.8 Å². The predicted molar refractivity (Wildman–Crippen MR) is 50.2 cm³/mol. The minimum Gasteiger partial charge on any atom is -0.407 e. The first-order valence-electron chi connectivity index (χ1n) is 3.68. The average molecular weight is 186 g/mol. The van der Waals surface area contributed by atoms with Crippen LogP contribution in [-0.2, 0) is 4.74 Å². The number of rotatable bonds is 2. The van der Waals surface area contributed by atoms with Gasteiger partial charge in [-0.25, -0.2) is 4.79 Å². The highest BCUT2D eigenvalue weighted by atomic mass is 16.5. The molecule has 0 unspecified atom stereocenters. The van der Waals surface area contributed by atoms with E-state index >= 15 is 0 Å². The normalized spacial score (nSPS) is 8.14. The summed E-state index contributed by atoms with van der Waals surface area (Å²) in [6.07, 6.45) is 13.5. The second-order valence-electron chi connectivity index (χ2n) is 2.22. The Morgan fingerprint density at radius 1 is 1.21 bits per heavy atom. The number of carbonyl (C=O) groups excluding carboxylic acids is 1. The summed E-state index contributed by atoms with van der Waals surface area (Å²) < 4.78 is 9.12. The van der Waals surface area contributed by atoms with Crippen LogP contribution in [0.25, 0.3) is 0 Å². The van der Waals surface area contributed by atoms with Crippen LogP contribution in [0.4, 0.5) is 0 Å². The molecule has 0 heterocycles. The van der Waals surface area contributed by atoms with Crippen LogP contribution in [0.15, 0.2) is 24.3 Å².